The molecular formula is C13H17N3. The van der Waals surface area contributed by atoms with Gasteiger partial charge in [0.25, 0.3) is 0 Å². The van der Waals surface area contributed by atoms with Gasteiger partial charge < -0.3 is 0 Å². The van der Waals surface area contributed by atoms with Crippen LogP contribution >= 0.6 is 0 Å². The van der Waals surface area contributed by atoms with E-state index in [1.165, 1.54) is 36.9 Å². The van der Waals surface area contributed by atoms with Crippen molar-refractivity contribution >= 4 is 10.9 Å². The van der Waals surface area contributed by atoms with E-state index in [4.69, 9.17) is 0 Å². The third-order valence-corrected chi connectivity index (χ3v) is 3.59. The minimum absolute atomic E-state index is 0.491. The van der Waals surface area contributed by atoms with Crippen molar-refractivity contribution in [2.75, 3.05) is 13.6 Å². The van der Waals surface area contributed by atoms with Gasteiger partial charge in [-0.3, -0.25) is 10.00 Å². The van der Waals surface area contributed by atoms with Gasteiger partial charge in [-0.15, -0.1) is 0 Å². The Morgan fingerprint density at radius 2 is 2.19 bits per heavy atom. The highest BCUT2D eigenvalue weighted by molar-refractivity contribution is 5.81. The molecule has 0 aliphatic carbocycles. The van der Waals surface area contributed by atoms with Crippen molar-refractivity contribution in [2.45, 2.75) is 25.3 Å². The van der Waals surface area contributed by atoms with E-state index in [0.717, 1.165) is 5.52 Å². The second-order valence-corrected chi connectivity index (χ2v) is 4.65. The number of piperidine rings is 1. The molecular weight excluding hydrogens is 198 g/mol. The number of aromatic nitrogens is 2. The van der Waals surface area contributed by atoms with Crippen molar-refractivity contribution in [1.82, 2.24) is 15.1 Å². The highest BCUT2D eigenvalue weighted by Gasteiger charge is 2.24. The number of nitrogens with zero attached hydrogens (tertiary/aromatic N) is 2. The summed E-state index contributed by atoms with van der Waals surface area (Å²) in [7, 11) is 2.20. The molecule has 3 nitrogen and oxygen atoms in total. The normalized spacial score (nSPS) is 22.7. The number of hydrogen-bond acceptors (Lipinski definition) is 2. The Balaban J connectivity index is 2.04. The van der Waals surface area contributed by atoms with Crippen LogP contribution in [-0.4, -0.2) is 28.7 Å². The Morgan fingerprint density at radius 3 is 3.06 bits per heavy atom. The number of H-pyrrole nitrogens is 1. The van der Waals surface area contributed by atoms with E-state index < -0.39 is 0 Å². The number of rotatable bonds is 1. The molecule has 84 valence electrons. The third-order valence-electron chi connectivity index (χ3n) is 3.59. The molecule has 0 bridgehead atoms. The molecule has 1 aliphatic heterocycles. The SMILES string of the molecule is CN1CCCCC1c1n[nH]c2ccccc12. The number of benzene rings is 1. The highest BCUT2D eigenvalue weighted by atomic mass is 15.2. The molecule has 1 unspecified atom stereocenters. The molecule has 1 aromatic heterocycles. The van der Waals surface area contributed by atoms with E-state index in [0.29, 0.717) is 6.04 Å². The zero-order chi connectivity index (χ0) is 11.0. The van der Waals surface area contributed by atoms with Crippen molar-refractivity contribution in [2.24, 2.45) is 0 Å². The van der Waals surface area contributed by atoms with Gasteiger partial charge in [-0.25, -0.2) is 0 Å². The van der Waals surface area contributed by atoms with Crippen LogP contribution in [0.25, 0.3) is 10.9 Å². The maximum atomic E-state index is 4.50. The lowest BCUT2D eigenvalue weighted by Gasteiger charge is -2.31. The van der Waals surface area contributed by atoms with Gasteiger partial charge in [0, 0.05) is 5.39 Å². The van der Waals surface area contributed by atoms with E-state index in [-0.39, 0.29) is 0 Å². The van der Waals surface area contributed by atoms with Gasteiger partial charge >= 0.3 is 0 Å². The van der Waals surface area contributed by atoms with E-state index in [1.807, 2.05) is 0 Å². The first-order valence-electron chi connectivity index (χ1n) is 5.99. The zero-order valence-corrected chi connectivity index (χ0v) is 9.61. The van der Waals surface area contributed by atoms with Gasteiger partial charge in [0.05, 0.1) is 17.3 Å². The van der Waals surface area contributed by atoms with Crippen molar-refractivity contribution in [3.8, 4) is 0 Å². The summed E-state index contributed by atoms with van der Waals surface area (Å²) in [5, 5.41) is 8.91. The smallest absolute Gasteiger partial charge is 0.0872 e. The molecule has 1 N–H and O–H groups in total. The first-order chi connectivity index (χ1) is 7.86. The maximum absolute atomic E-state index is 4.50. The fraction of sp³-hybridized carbons (Fsp3) is 0.462. The predicted molar refractivity (Wildman–Crippen MR) is 65.3 cm³/mol. The number of likely N-dealkylation sites (tertiary alicyclic amines) is 1. The van der Waals surface area contributed by atoms with Crippen LogP contribution < -0.4 is 0 Å². The Labute approximate surface area is 95.5 Å². The Morgan fingerprint density at radius 1 is 1.31 bits per heavy atom. The summed E-state index contributed by atoms with van der Waals surface area (Å²) in [6, 6.07) is 8.88. The topological polar surface area (TPSA) is 31.9 Å². The predicted octanol–water partition coefficient (Wildman–Crippen LogP) is 2.72. The Bertz CT molecular complexity index is 489. The summed E-state index contributed by atoms with van der Waals surface area (Å²) in [5.41, 5.74) is 2.37. The Kier molecular flexibility index (Phi) is 2.40. The molecule has 0 saturated carbocycles. The summed E-state index contributed by atoms with van der Waals surface area (Å²) in [4.78, 5) is 2.42. The molecule has 0 spiro atoms. The van der Waals surface area contributed by atoms with Crippen molar-refractivity contribution < 1.29 is 0 Å². The summed E-state index contributed by atoms with van der Waals surface area (Å²) in [5.74, 6) is 0. The molecule has 0 radical (unpaired) electrons. The van der Waals surface area contributed by atoms with Gasteiger partial charge in [0.1, 0.15) is 0 Å². The van der Waals surface area contributed by atoms with E-state index >= 15 is 0 Å². The Hall–Kier alpha value is -1.35. The lowest BCUT2D eigenvalue weighted by molar-refractivity contribution is 0.184. The summed E-state index contributed by atoms with van der Waals surface area (Å²) in [6.07, 6.45) is 3.86. The standard InChI is InChI=1S/C13H17N3/c1-16-9-5-4-8-12(16)13-10-6-2-3-7-11(10)14-15-13/h2-3,6-7,12H,4-5,8-9H2,1H3,(H,14,15). The van der Waals surface area contributed by atoms with Crippen LogP contribution in [0, 0.1) is 0 Å². The number of hydrogen-bond donors (Lipinski definition) is 1. The zero-order valence-electron chi connectivity index (χ0n) is 9.61. The first kappa shape index (κ1) is 9.85. The van der Waals surface area contributed by atoms with Crippen LogP contribution in [0.5, 0.6) is 0 Å². The number of fused-ring (bicyclic) bond motifs is 1. The number of aromatic amines is 1. The average molecular weight is 215 g/mol. The largest absolute Gasteiger partial charge is 0.298 e. The molecule has 1 atom stereocenters. The van der Waals surface area contributed by atoms with E-state index in [2.05, 4.69) is 46.4 Å². The molecule has 1 fully saturated rings. The molecule has 2 aromatic rings. The van der Waals surface area contributed by atoms with Gasteiger partial charge in [-0.2, -0.15) is 5.10 Å². The minimum Gasteiger partial charge on any atom is -0.298 e. The molecule has 1 aliphatic rings. The fourth-order valence-corrected chi connectivity index (χ4v) is 2.66. The first-order valence-corrected chi connectivity index (χ1v) is 5.99. The number of para-hydroxylation sites is 1. The lowest BCUT2D eigenvalue weighted by Crippen LogP contribution is -2.29. The van der Waals surface area contributed by atoms with E-state index in [9.17, 15) is 0 Å². The molecule has 2 heterocycles. The van der Waals surface area contributed by atoms with Crippen LogP contribution in [0.15, 0.2) is 24.3 Å². The molecule has 1 saturated heterocycles. The maximum Gasteiger partial charge on any atom is 0.0872 e. The van der Waals surface area contributed by atoms with Crippen molar-refractivity contribution in [1.29, 1.82) is 0 Å². The van der Waals surface area contributed by atoms with Gasteiger partial charge in [0.15, 0.2) is 0 Å². The van der Waals surface area contributed by atoms with Gasteiger partial charge in [0.2, 0.25) is 0 Å². The van der Waals surface area contributed by atoms with Crippen LogP contribution in [-0.2, 0) is 0 Å². The molecule has 1 aromatic carbocycles. The quantitative estimate of drug-likeness (QED) is 0.793. The van der Waals surface area contributed by atoms with Gasteiger partial charge in [-0.05, 0) is 32.5 Å². The number of nitrogens with one attached hydrogen (secondary N) is 1. The van der Waals surface area contributed by atoms with Crippen molar-refractivity contribution in [3.63, 3.8) is 0 Å². The van der Waals surface area contributed by atoms with E-state index in [1.54, 1.807) is 0 Å². The monoisotopic (exact) mass is 215 g/mol. The molecule has 0 amide bonds. The molecule has 3 rings (SSSR count). The second kappa shape index (κ2) is 3.91. The second-order valence-electron chi connectivity index (χ2n) is 4.65. The molecule has 3 heteroatoms. The fourth-order valence-electron chi connectivity index (χ4n) is 2.66. The van der Waals surface area contributed by atoms with Gasteiger partial charge in [-0.1, -0.05) is 24.6 Å². The summed E-state index contributed by atoms with van der Waals surface area (Å²) in [6.45, 7) is 1.19. The highest BCUT2D eigenvalue weighted by Crippen LogP contribution is 2.32. The summed E-state index contributed by atoms with van der Waals surface area (Å²) < 4.78 is 0. The average Bonchev–Trinajstić information content (AvgIpc) is 2.74. The molecule has 16 heavy (non-hydrogen) atoms. The summed E-state index contributed by atoms with van der Waals surface area (Å²) >= 11 is 0. The van der Waals surface area contributed by atoms with Crippen LogP contribution in [0.4, 0.5) is 0 Å². The van der Waals surface area contributed by atoms with Crippen molar-refractivity contribution in [3.05, 3.63) is 30.0 Å². The lowest BCUT2D eigenvalue weighted by atomic mass is 9.98. The minimum atomic E-state index is 0.491. The third kappa shape index (κ3) is 1.52. The van der Waals surface area contributed by atoms with Crippen LogP contribution in [0.2, 0.25) is 0 Å². The van der Waals surface area contributed by atoms with Crippen LogP contribution in [0.1, 0.15) is 31.0 Å². The van der Waals surface area contributed by atoms with Crippen LogP contribution in [0.3, 0.4) is 0 Å².